The molecule has 1 aromatic heterocycles. The Morgan fingerprint density at radius 3 is 2.78 bits per heavy atom. The fourth-order valence-corrected chi connectivity index (χ4v) is 4.50. The third-order valence-electron chi connectivity index (χ3n) is 5.97. The Kier molecular flexibility index (Phi) is 6.05. The molecule has 2 aliphatic heterocycles. The summed E-state index contributed by atoms with van der Waals surface area (Å²) in [7, 11) is 1.73. The molecule has 144 valence electrons. The molecule has 4 rings (SSSR count). The first-order valence-electron chi connectivity index (χ1n) is 10.2. The van der Waals surface area contributed by atoms with E-state index in [9.17, 15) is 0 Å². The number of pyridine rings is 1. The molecule has 0 aliphatic carbocycles. The van der Waals surface area contributed by atoms with Crippen LogP contribution in [0, 0.1) is 0 Å². The number of hydrogen-bond acceptors (Lipinski definition) is 4. The van der Waals surface area contributed by atoms with Crippen LogP contribution in [0.25, 0.3) is 0 Å². The van der Waals surface area contributed by atoms with E-state index in [-0.39, 0.29) is 0 Å². The van der Waals surface area contributed by atoms with Crippen molar-refractivity contribution in [2.24, 2.45) is 0 Å². The third kappa shape index (κ3) is 4.50. The lowest BCUT2D eigenvalue weighted by Crippen LogP contribution is -2.44. The van der Waals surface area contributed by atoms with Gasteiger partial charge in [-0.3, -0.25) is 9.88 Å². The monoisotopic (exact) mass is 366 g/mol. The number of piperidine rings is 1. The highest BCUT2D eigenvalue weighted by atomic mass is 16.5. The molecule has 2 fully saturated rings. The van der Waals surface area contributed by atoms with Gasteiger partial charge in [-0.05, 0) is 50.4 Å². The molecule has 4 heteroatoms. The van der Waals surface area contributed by atoms with Gasteiger partial charge in [0.1, 0.15) is 5.75 Å². The van der Waals surface area contributed by atoms with E-state index in [1.54, 1.807) is 7.11 Å². The average Bonchev–Trinajstić information content (AvgIpc) is 2.75. The molecule has 0 bridgehead atoms. The lowest BCUT2D eigenvalue weighted by molar-refractivity contribution is 0.0237. The van der Waals surface area contributed by atoms with Gasteiger partial charge in [0.15, 0.2) is 0 Å². The molecular weight excluding hydrogens is 336 g/mol. The Morgan fingerprint density at radius 2 is 1.93 bits per heavy atom. The molecule has 0 spiro atoms. The molecule has 0 N–H and O–H groups in total. The van der Waals surface area contributed by atoms with Crippen LogP contribution in [-0.4, -0.2) is 49.3 Å². The Balaban J connectivity index is 1.46. The molecule has 2 aromatic rings. The minimum Gasteiger partial charge on any atom is -0.496 e. The summed E-state index contributed by atoms with van der Waals surface area (Å²) in [5, 5.41) is 0. The number of para-hydroxylation sites is 1. The maximum atomic E-state index is 5.54. The van der Waals surface area contributed by atoms with Gasteiger partial charge in [-0.1, -0.05) is 24.3 Å². The van der Waals surface area contributed by atoms with Crippen LogP contribution in [0.15, 0.2) is 42.5 Å². The van der Waals surface area contributed by atoms with Crippen molar-refractivity contribution >= 4 is 0 Å². The topological polar surface area (TPSA) is 34.6 Å². The summed E-state index contributed by atoms with van der Waals surface area (Å²) in [4.78, 5) is 7.73. The lowest BCUT2D eigenvalue weighted by atomic mass is 9.91. The van der Waals surface area contributed by atoms with E-state index < -0.39 is 0 Å². The number of ether oxygens (including phenoxy) is 2. The summed E-state index contributed by atoms with van der Waals surface area (Å²) < 4.78 is 11.0. The molecule has 1 aromatic carbocycles. The fourth-order valence-electron chi connectivity index (χ4n) is 4.50. The molecule has 0 unspecified atom stereocenters. The van der Waals surface area contributed by atoms with Crippen molar-refractivity contribution in [3.63, 3.8) is 0 Å². The highest BCUT2D eigenvalue weighted by molar-refractivity contribution is 5.36. The fraction of sp³-hybridized carbons (Fsp3) is 0.522. The van der Waals surface area contributed by atoms with Gasteiger partial charge >= 0.3 is 0 Å². The van der Waals surface area contributed by atoms with Crippen molar-refractivity contribution < 1.29 is 9.47 Å². The molecule has 2 saturated heterocycles. The first kappa shape index (κ1) is 18.5. The summed E-state index contributed by atoms with van der Waals surface area (Å²) in [5.74, 6) is 1.48. The van der Waals surface area contributed by atoms with E-state index >= 15 is 0 Å². The number of likely N-dealkylation sites (tertiary alicyclic amines) is 1. The normalized spacial score (nSPS) is 21.9. The van der Waals surface area contributed by atoms with Gasteiger partial charge in [0.2, 0.25) is 0 Å². The number of aromatic nitrogens is 1. The van der Waals surface area contributed by atoms with E-state index in [0.717, 1.165) is 37.6 Å². The van der Waals surface area contributed by atoms with Crippen molar-refractivity contribution in [3.05, 3.63) is 59.4 Å². The largest absolute Gasteiger partial charge is 0.496 e. The summed E-state index contributed by atoms with van der Waals surface area (Å²) in [5.41, 5.74) is 3.57. The number of rotatable bonds is 5. The minimum atomic E-state index is 0.541. The van der Waals surface area contributed by atoms with E-state index in [0.29, 0.717) is 12.0 Å². The number of methoxy groups -OCH3 is 1. The van der Waals surface area contributed by atoms with Gasteiger partial charge in [-0.25, -0.2) is 0 Å². The van der Waals surface area contributed by atoms with Gasteiger partial charge in [-0.15, -0.1) is 0 Å². The van der Waals surface area contributed by atoms with Gasteiger partial charge < -0.3 is 9.47 Å². The van der Waals surface area contributed by atoms with Crippen LogP contribution in [0.3, 0.4) is 0 Å². The first-order valence-corrected chi connectivity index (χ1v) is 10.2. The number of nitrogens with zero attached hydrogens (tertiary/aromatic N) is 2. The minimum absolute atomic E-state index is 0.541. The predicted octanol–water partition coefficient (Wildman–Crippen LogP) is 4.04. The summed E-state index contributed by atoms with van der Waals surface area (Å²) >= 11 is 0. The second-order valence-corrected chi connectivity index (χ2v) is 7.72. The Labute approximate surface area is 162 Å². The molecule has 2 aliphatic rings. The quantitative estimate of drug-likeness (QED) is 0.800. The molecule has 0 amide bonds. The zero-order valence-electron chi connectivity index (χ0n) is 16.3. The summed E-state index contributed by atoms with van der Waals surface area (Å²) in [6, 6.07) is 15.4. The summed E-state index contributed by atoms with van der Waals surface area (Å²) in [6.45, 7) is 4.19. The van der Waals surface area contributed by atoms with Crippen LogP contribution < -0.4 is 4.74 Å². The van der Waals surface area contributed by atoms with Crippen molar-refractivity contribution in [2.75, 3.05) is 33.4 Å². The average molecular weight is 367 g/mol. The standard InChI is InChI=1S/C23H30N2O2/c1-26-23-10-3-2-6-18(23)16-20-8-4-9-22(24-20)19-7-5-13-25(17-19)21-11-14-27-15-12-21/h2-4,6,8-10,19,21H,5,7,11-17H2,1H3/t19-/m1/s1. The van der Waals surface area contributed by atoms with Gasteiger partial charge in [0, 0.05) is 55.1 Å². The number of hydrogen-bond donors (Lipinski definition) is 0. The Hall–Kier alpha value is -1.91. The zero-order chi connectivity index (χ0) is 18.5. The first-order chi connectivity index (χ1) is 13.3. The lowest BCUT2D eigenvalue weighted by Gasteiger charge is -2.39. The van der Waals surface area contributed by atoms with Gasteiger partial charge in [-0.2, -0.15) is 0 Å². The highest BCUT2D eigenvalue weighted by Crippen LogP contribution is 2.29. The van der Waals surface area contributed by atoms with Crippen molar-refractivity contribution in [1.29, 1.82) is 0 Å². The summed E-state index contributed by atoms with van der Waals surface area (Å²) in [6.07, 6.45) is 5.67. The molecule has 27 heavy (non-hydrogen) atoms. The van der Waals surface area contributed by atoms with E-state index in [4.69, 9.17) is 14.5 Å². The molecule has 4 nitrogen and oxygen atoms in total. The smallest absolute Gasteiger partial charge is 0.122 e. The van der Waals surface area contributed by atoms with Crippen LogP contribution in [0.2, 0.25) is 0 Å². The Morgan fingerprint density at radius 1 is 1.07 bits per heavy atom. The predicted molar refractivity (Wildman–Crippen MR) is 107 cm³/mol. The van der Waals surface area contributed by atoms with Gasteiger partial charge in [0.25, 0.3) is 0 Å². The van der Waals surface area contributed by atoms with Crippen molar-refractivity contribution in [2.45, 2.75) is 44.1 Å². The number of benzene rings is 1. The Bertz CT molecular complexity index is 743. The van der Waals surface area contributed by atoms with Crippen molar-refractivity contribution in [1.82, 2.24) is 9.88 Å². The maximum absolute atomic E-state index is 5.54. The molecular formula is C23H30N2O2. The van der Waals surface area contributed by atoms with Gasteiger partial charge in [0.05, 0.1) is 7.11 Å². The van der Waals surface area contributed by atoms with Crippen LogP contribution in [0.1, 0.15) is 48.6 Å². The zero-order valence-corrected chi connectivity index (χ0v) is 16.3. The van der Waals surface area contributed by atoms with Crippen LogP contribution >= 0.6 is 0 Å². The van der Waals surface area contributed by atoms with Crippen LogP contribution in [-0.2, 0) is 11.2 Å². The van der Waals surface area contributed by atoms with Crippen LogP contribution in [0.4, 0.5) is 0 Å². The second kappa shape index (κ2) is 8.85. The molecule has 0 radical (unpaired) electrons. The van der Waals surface area contributed by atoms with E-state index in [2.05, 4.69) is 35.2 Å². The molecule has 1 atom stereocenters. The maximum Gasteiger partial charge on any atom is 0.122 e. The van der Waals surface area contributed by atoms with Crippen LogP contribution in [0.5, 0.6) is 5.75 Å². The molecule has 3 heterocycles. The van der Waals surface area contributed by atoms with E-state index in [1.165, 1.54) is 43.5 Å². The third-order valence-corrected chi connectivity index (χ3v) is 5.97. The highest BCUT2D eigenvalue weighted by Gasteiger charge is 2.28. The second-order valence-electron chi connectivity index (χ2n) is 7.72. The van der Waals surface area contributed by atoms with E-state index in [1.807, 2.05) is 12.1 Å². The SMILES string of the molecule is COc1ccccc1Cc1cccc([C@@H]2CCCN(C3CCOCC3)C2)n1. The molecule has 0 saturated carbocycles. The van der Waals surface area contributed by atoms with Crippen molar-refractivity contribution in [3.8, 4) is 5.75 Å².